The highest BCUT2D eigenvalue weighted by Gasteiger charge is 2.11. The zero-order valence-corrected chi connectivity index (χ0v) is 8.60. The summed E-state index contributed by atoms with van der Waals surface area (Å²) in [6.07, 6.45) is 0. The molecule has 0 saturated heterocycles. The highest BCUT2D eigenvalue weighted by atomic mass is 16.2. The Bertz CT molecular complexity index is 295. The molecule has 1 unspecified atom stereocenters. The molecule has 0 aromatic heterocycles. The van der Waals surface area contributed by atoms with Gasteiger partial charge in [0.05, 0.1) is 0 Å². The van der Waals surface area contributed by atoms with Crippen LogP contribution < -0.4 is 5.73 Å². The Morgan fingerprint density at radius 1 is 1.43 bits per heavy atom. The van der Waals surface area contributed by atoms with Crippen molar-refractivity contribution in [3.63, 3.8) is 0 Å². The number of amides is 1. The van der Waals surface area contributed by atoms with Crippen molar-refractivity contribution in [1.29, 1.82) is 0 Å². The molecule has 1 atom stereocenters. The first-order valence-corrected chi connectivity index (χ1v) is 4.67. The monoisotopic (exact) mass is 192 g/mol. The first kappa shape index (κ1) is 10.7. The maximum atomic E-state index is 11.8. The van der Waals surface area contributed by atoms with Gasteiger partial charge in [-0.25, -0.2) is 0 Å². The van der Waals surface area contributed by atoms with E-state index in [2.05, 4.69) is 0 Å². The van der Waals surface area contributed by atoms with E-state index in [0.29, 0.717) is 12.1 Å². The van der Waals surface area contributed by atoms with E-state index >= 15 is 0 Å². The Hall–Kier alpha value is -1.35. The van der Waals surface area contributed by atoms with E-state index < -0.39 is 0 Å². The Labute approximate surface area is 84.5 Å². The van der Waals surface area contributed by atoms with Crippen LogP contribution in [0.15, 0.2) is 30.3 Å². The van der Waals surface area contributed by atoms with Gasteiger partial charge in [0.25, 0.3) is 5.91 Å². The van der Waals surface area contributed by atoms with Gasteiger partial charge in [0.2, 0.25) is 0 Å². The molecule has 3 nitrogen and oxygen atoms in total. The number of nitrogens with two attached hydrogens (primary N) is 1. The smallest absolute Gasteiger partial charge is 0.253 e. The molecular formula is C11H16N2O. The third-order valence-electron chi connectivity index (χ3n) is 1.93. The maximum absolute atomic E-state index is 11.8. The fraction of sp³-hybridized carbons (Fsp3) is 0.364. The van der Waals surface area contributed by atoms with Crippen LogP contribution in [0.5, 0.6) is 0 Å². The van der Waals surface area contributed by atoms with Gasteiger partial charge in [-0.15, -0.1) is 0 Å². The lowest BCUT2D eigenvalue weighted by Crippen LogP contribution is -2.36. The molecular weight excluding hydrogens is 176 g/mol. The van der Waals surface area contributed by atoms with Crippen molar-refractivity contribution in [2.45, 2.75) is 13.0 Å². The largest absolute Gasteiger partial charge is 0.340 e. The third kappa shape index (κ3) is 2.85. The number of benzene rings is 1. The van der Waals surface area contributed by atoms with Gasteiger partial charge in [0.1, 0.15) is 0 Å². The van der Waals surface area contributed by atoms with Crippen molar-refractivity contribution >= 4 is 5.91 Å². The Kier molecular flexibility index (Phi) is 3.65. The summed E-state index contributed by atoms with van der Waals surface area (Å²) >= 11 is 0. The number of likely N-dealkylation sites (N-methyl/N-ethyl adjacent to an activating group) is 1. The number of rotatable bonds is 3. The number of nitrogens with zero attached hydrogens (tertiary/aromatic N) is 1. The van der Waals surface area contributed by atoms with Gasteiger partial charge < -0.3 is 10.6 Å². The number of hydrogen-bond donors (Lipinski definition) is 1. The van der Waals surface area contributed by atoms with Crippen LogP contribution in [0.4, 0.5) is 0 Å². The second-order valence-electron chi connectivity index (χ2n) is 3.53. The lowest BCUT2D eigenvalue weighted by atomic mass is 10.2. The van der Waals surface area contributed by atoms with E-state index in [9.17, 15) is 4.79 Å². The molecule has 1 aromatic carbocycles. The van der Waals surface area contributed by atoms with E-state index in [-0.39, 0.29) is 11.9 Å². The van der Waals surface area contributed by atoms with Gasteiger partial charge in [-0.05, 0) is 19.1 Å². The third-order valence-corrected chi connectivity index (χ3v) is 1.93. The van der Waals surface area contributed by atoms with Crippen molar-refractivity contribution in [3.05, 3.63) is 35.9 Å². The number of carbonyl (C=O) groups excluding carboxylic acids is 1. The quantitative estimate of drug-likeness (QED) is 0.779. The van der Waals surface area contributed by atoms with E-state index in [1.165, 1.54) is 0 Å². The molecule has 3 heteroatoms. The van der Waals surface area contributed by atoms with E-state index in [1.54, 1.807) is 24.1 Å². The van der Waals surface area contributed by atoms with Gasteiger partial charge in [-0.2, -0.15) is 0 Å². The normalized spacial score (nSPS) is 12.2. The zero-order valence-electron chi connectivity index (χ0n) is 8.60. The SMILES string of the molecule is CC(N)CN(C)C(=O)c1ccccc1. The summed E-state index contributed by atoms with van der Waals surface area (Å²) in [4.78, 5) is 13.4. The van der Waals surface area contributed by atoms with E-state index in [4.69, 9.17) is 5.73 Å². The topological polar surface area (TPSA) is 46.3 Å². The molecule has 0 aliphatic heterocycles. The molecule has 0 heterocycles. The highest BCUT2D eigenvalue weighted by Crippen LogP contribution is 2.02. The van der Waals surface area contributed by atoms with Crippen LogP contribution in [0.1, 0.15) is 17.3 Å². The summed E-state index contributed by atoms with van der Waals surface area (Å²) in [7, 11) is 1.76. The molecule has 14 heavy (non-hydrogen) atoms. The molecule has 2 N–H and O–H groups in total. The fourth-order valence-electron chi connectivity index (χ4n) is 1.32. The molecule has 0 fully saturated rings. The molecule has 0 bridgehead atoms. The zero-order chi connectivity index (χ0) is 10.6. The predicted octanol–water partition coefficient (Wildman–Crippen LogP) is 1.11. The van der Waals surface area contributed by atoms with Crippen LogP contribution in [0, 0.1) is 0 Å². The van der Waals surface area contributed by atoms with Crippen molar-refractivity contribution < 1.29 is 4.79 Å². The summed E-state index contributed by atoms with van der Waals surface area (Å²) in [6.45, 7) is 2.46. The van der Waals surface area contributed by atoms with E-state index in [1.807, 2.05) is 25.1 Å². The van der Waals surface area contributed by atoms with Crippen LogP contribution in [0.25, 0.3) is 0 Å². The van der Waals surface area contributed by atoms with Crippen LogP contribution in [-0.2, 0) is 0 Å². The molecule has 1 aromatic rings. The Morgan fingerprint density at radius 3 is 2.50 bits per heavy atom. The predicted molar refractivity (Wildman–Crippen MR) is 57.1 cm³/mol. The minimum absolute atomic E-state index is 0.00709. The summed E-state index contributed by atoms with van der Waals surface area (Å²) < 4.78 is 0. The van der Waals surface area contributed by atoms with Gasteiger partial charge in [0, 0.05) is 25.2 Å². The van der Waals surface area contributed by atoms with Crippen molar-refractivity contribution in [3.8, 4) is 0 Å². The van der Waals surface area contributed by atoms with Crippen LogP contribution in [0.2, 0.25) is 0 Å². The van der Waals surface area contributed by atoms with Crippen LogP contribution in [-0.4, -0.2) is 30.4 Å². The molecule has 1 amide bonds. The van der Waals surface area contributed by atoms with Gasteiger partial charge in [-0.3, -0.25) is 4.79 Å². The second kappa shape index (κ2) is 4.77. The summed E-state index contributed by atoms with van der Waals surface area (Å²) in [5.74, 6) is 0.0166. The van der Waals surface area contributed by atoms with Crippen LogP contribution >= 0.6 is 0 Å². The molecule has 0 aliphatic carbocycles. The van der Waals surface area contributed by atoms with Gasteiger partial charge >= 0.3 is 0 Å². The molecule has 1 rings (SSSR count). The van der Waals surface area contributed by atoms with Crippen LogP contribution in [0.3, 0.4) is 0 Å². The Morgan fingerprint density at radius 2 is 2.00 bits per heavy atom. The molecule has 0 saturated carbocycles. The van der Waals surface area contributed by atoms with Crippen molar-refractivity contribution in [2.75, 3.05) is 13.6 Å². The summed E-state index contributed by atoms with van der Waals surface area (Å²) in [5, 5.41) is 0. The summed E-state index contributed by atoms with van der Waals surface area (Å²) in [6, 6.07) is 9.22. The lowest BCUT2D eigenvalue weighted by molar-refractivity contribution is 0.0789. The molecule has 0 spiro atoms. The average molecular weight is 192 g/mol. The standard InChI is InChI=1S/C11H16N2O/c1-9(12)8-13(2)11(14)10-6-4-3-5-7-10/h3-7,9H,8,12H2,1-2H3. The summed E-state index contributed by atoms with van der Waals surface area (Å²) in [5.41, 5.74) is 6.32. The molecule has 0 aliphatic rings. The first-order valence-electron chi connectivity index (χ1n) is 4.67. The minimum Gasteiger partial charge on any atom is -0.340 e. The second-order valence-corrected chi connectivity index (χ2v) is 3.53. The Balaban J connectivity index is 2.66. The van der Waals surface area contributed by atoms with Crippen molar-refractivity contribution in [2.24, 2.45) is 5.73 Å². The molecule has 0 radical (unpaired) electrons. The van der Waals surface area contributed by atoms with Crippen molar-refractivity contribution in [1.82, 2.24) is 4.90 Å². The number of carbonyl (C=O) groups is 1. The fourth-order valence-corrected chi connectivity index (χ4v) is 1.32. The average Bonchev–Trinajstić information content (AvgIpc) is 2.17. The van der Waals surface area contributed by atoms with E-state index in [0.717, 1.165) is 0 Å². The maximum Gasteiger partial charge on any atom is 0.253 e. The molecule has 76 valence electrons. The van der Waals surface area contributed by atoms with Gasteiger partial charge in [-0.1, -0.05) is 18.2 Å². The first-order chi connectivity index (χ1) is 6.61. The van der Waals surface area contributed by atoms with Gasteiger partial charge in [0.15, 0.2) is 0 Å². The lowest BCUT2D eigenvalue weighted by Gasteiger charge is -2.19. The number of hydrogen-bond acceptors (Lipinski definition) is 2. The highest BCUT2D eigenvalue weighted by molar-refractivity contribution is 5.93. The minimum atomic E-state index is 0.00709.